The van der Waals surface area contributed by atoms with Gasteiger partial charge < -0.3 is 14.9 Å². The summed E-state index contributed by atoms with van der Waals surface area (Å²) in [5.41, 5.74) is -0.460. The monoisotopic (exact) mass is 265 g/mol. The molecule has 0 unspecified atom stereocenters. The average molecular weight is 265 g/mol. The van der Waals surface area contributed by atoms with E-state index in [1.165, 1.54) is 18.2 Å². The van der Waals surface area contributed by atoms with Crippen molar-refractivity contribution in [1.29, 1.82) is 0 Å². The Balaban J connectivity index is 2.24. The maximum absolute atomic E-state index is 12.2. The average Bonchev–Trinajstić information content (AvgIpc) is 2.38. The molecule has 0 bridgehead atoms. The van der Waals surface area contributed by atoms with E-state index in [4.69, 9.17) is 0 Å². The minimum absolute atomic E-state index is 0.0150. The SMILES string of the molecule is CN1CCN(C(=O)c2cccc([N+](=O)[O-])c2O)CC1. The molecule has 7 heteroatoms. The number of nitro benzene ring substituents is 1. The van der Waals surface area contributed by atoms with Crippen molar-refractivity contribution in [2.75, 3.05) is 33.2 Å². The number of para-hydroxylation sites is 1. The Morgan fingerprint density at radius 2 is 1.95 bits per heavy atom. The van der Waals surface area contributed by atoms with E-state index < -0.39 is 16.4 Å². The lowest BCUT2D eigenvalue weighted by molar-refractivity contribution is -0.385. The van der Waals surface area contributed by atoms with E-state index in [1.54, 1.807) is 4.90 Å². The molecular formula is C12H15N3O4. The van der Waals surface area contributed by atoms with Crippen molar-refractivity contribution in [3.8, 4) is 5.75 Å². The summed E-state index contributed by atoms with van der Waals surface area (Å²) in [6, 6.07) is 3.99. The number of amides is 1. The second-order valence-corrected chi connectivity index (χ2v) is 4.53. The summed E-state index contributed by atoms with van der Waals surface area (Å²) >= 11 is 0. The van der Waals surface area contributed by atoms with Crippen LogP contribution < -0.4 is 0 Å². The van der Waals surface area contributed by atoms with Gasteiger partial charge in [-0.05, 0) is 13.1 Å². The summed E-state index contributed by atoms with van der Waals surface area (Å²) in [6.45, 7) is 2.61. The van der Waals surface area contributed by atoms with Gasteiger partial charge in [0.15, 0.2) is 0 Å². The molecule has 1 fully saturated rings. The van der Waals surface area contributed by atoms with Gasteiger partial charge in [0.2, 0.25) is 5.75 Å². The molecule has 1 aromatic rings. The Morgan fingerprint density at radius 1 is 1.32 bits per heavy atom. The van der Waals surface area contributed by atoms with Gasteiger partial charge in [0, 0.05) is 32.2 Å². The number of nitro groups is 1. The van der Waals surface area contributed by atoms with Gasteiger partial charge in [-0.15, -0.1) is 0 Å². The second-order valence-electron chi connectivity index (χ2n) is 4.53. The van der Waals surface area contributed by atoms with Crippen LogP contribution in [0.15, 0.2) is 18.2 Å². The van der Waals surface area contributed by atoms with Gasteiger partial charge in [0.25, 0.3) is 5.91 Å². The van der Waals surface area contributed by atoms with Crippen molar-refractivity contribution < 1.29 is 14.8 Å². The Hall–Kier alpha value is -2.15. The number of phenols is 1. The number of benzene rings is 1. The first-order valence-electron chi connectivity index (χ1n) is 5.95. The maximum Gasteiger partial charge on any atom is 0.311 e. The van der Waals surface area contributed by atoms with Gasteiger partial charge in [0.05, 0.1) is 10.5 Å². The van der Waals surface area contributed by atoms with E-state index in [-0.39, 0.29) is 11.5 Å². The lowest BCUT2D eigenvalue weighted by Gasteiger charge is -2.32. The van der Waals surface area contributed by atoms with E-state index in [0.29, 0.717) is 13.1 Å². The molecule has 1 aliphatic heterocycles. The Bertz CT molecular complexity index is 510. The van der Waals surface area contributed by atoms with E-state index in [2.05, 4.69) is 4.90 Å². The van der Waals surface area contributed by atoms with Gasteiger partial charge in [-0.3, -0.25) is 14.9 Å². The number of nitrogens with zero attached hydrogens (tertiary/aromatic N) is 3. The van der Waals surface area contributed by atoms with Crippen molar-refractivity contribution in [3.05, 3.63) is 33.9 Å². The fourth-order valence-electron chi connectivity index (χ4n) is 2.03. The number of carbonyl (C=O) groups excluding carboxylic acids is 1. The van der Waals surface area contributed by atoms with Crippen LogP contribution in [0.3, 0.4) is 0 Å². The van der Waals surface area contributed by atoms with Crippen molar-refractivity contribution >= 4 is 11.6 Å². The molecule has 1 aliphatic rings. The van der Waals surface area contributed by atoms with Crippen LogP contribution in [0.4, 0.5) is 5.69 Å². The molecule has 1 heterocycles. The fourth-order valence-corrected chi connectivity index (χ4v) is 2.03. The Kier molecular flexibility index (Phi) is 3.66. The fraction of sp³-hybridized carbons (Fsp3) is 0.417. The first-order valence-corrected chi connectivity index (χ1v) is 5.95. The summed E-state index contributed by atoms with van der Waals surface area (Å²) in [5.74, 6) is -0.925. The molecule has 0 radical (unpaired) electrons. The second kappa shape index (κ2) is 5.23. The number of piperazine rings is 1. The highest BCUT2D eigenvalue weighted by atomic mass is 16.6. The molecule has 1 amide bonds. The van der Waals surface area contributed by atoms with Crippen molar-refractivity contribution in [3.63, 3.8) is 0 Å². The molecule has 19 heavy (non-hydrogen) atoms. The molecule has 0 spiro atoms. The van der Waals surface area contributed by atoms with Gasteiger partial charge in [-0.2, -0.15) is 0 Å². The van der Waals surface area contributed by atoms with Crippen LogP contribution in [0, 0.1) is 10.1 Å². The topological polar surface area (TPSA) is 86.9 Å². The summed E-state index contributed by atoms with van der Waals surface area (Å²) in [5, 5.41) is 20.5. The van der Waals surface area contributed by atoms with Crippen LogP contribution in [0.2, 0.25) is 0 Å². The predicted molar refractivity (Wildman–Crippen MR) is 68.2 cm³/mol. The van der Waals surface area contributed by atoms with E-state index in [1.807, 2.05) is 7.05 Å². The van der Waals surface area contributed by atoms with Crippen LogP contribution in [0.25, 0.3) is 0 Å². The number of hydrogen-bond donors (Lipinski definition) is 1. The molecular weight excluding hydrogens is 250 g/mol. The third kappa shape index (κ3) is 2.65. The number of likely N-dealkylation sites (N-methyl/N-ethyl adjacent to an activating group) is 1. The molecule has 1 saturated heterocycles. The molecule has 2 rings (SSSR count). The number of carbonyl (C=O) groups is 1. The smallest absolute Gasteiger partial charge is 0.311 e. The lowest BCUT2D eigenvalue weighted by Crippen LogP contribution is -2.47. The summed E-state index contributed by atoms with van der Waals surface area (Å²) in [4.78, 5) is 25.9. The summed E-state index contributed by atoms with van der Waals surface area (Å²) in [6.07, 6.45) is 0. The third-order valence-corrected chi connectivity index (χ3v) is 3.23. The quantitative estimate of drug-likeness (QED) is 0.628. The van der Waals surface area contributed by atoms with Crippen molar-refractivity contribution in [1.82, 2.24) is 9.80 Å². The molecule has 0 saturated carbocycles. The maximum atomic E-state index is 12.2. The van der Waals surface area contributed by atoms with E-state index in [9.17, 15) is 20.0 Å². The molecule has 7 nitrogen and oxygen atoms in total. The molecule has 102 valence electrons. The summed E-state index contributed by atoms with van der Waals surface area (Å²) in [7, 11) is 1.96. The first kappa shape index (κ1) is 13.3. The molecule has 1 N–H and O–H groups in total. The normalized spacial score (nSPS) is 16.4. The first-order chi connectivity index (χ1) is 9.00. The Morgan fingerprint density at radius 3 is 2.53 bits per heavy atom. The van der Waals surface area contributed by atoms with Gasteiger partial charge in [0.1, 0.15) is 0 Å². The highest BCUT2D eigenvalue weighted by molar-refractivity contribution is 5.98. The predicted octanol–water partition coefficient (Wildman–Crippen LogP) is 0.688. The van der Waals surface area contributed by atoms with E-state index in [0.717, 1.165) is 13.1 Å². The minimum atomic E-state index is -0.698. The lowest BCUT2D eigenvalue weighted by atomic mass is 10.1. The molecule has 0 atom stereocenters. The largest absolute Gasteiger partial charge is 0.502 e. The third-order valence-electron chi connectivity index (χ3n) is 3.23. The number of hydrogen-bond acceptors (Lipinski definition) is 5. The molecule has 0 aromatic heterocycles. The van der Waals surface area contributed by atoms with Crippen LogP contribution in [-0.4, -0.2) is 59.0 Å². The highest BCUT2D eigenvalue weighted by Gasteiger charge is 2.26. The molecule has 1 aromatic carbocycles. The number of phenolic OH excluding ortho intramolecular Hbond substituents is 1. The zero-order chi connectivity index (χ0) is 14.0. The molecule has 0 aliphatic carbocycles. The standard InChI is InChI=1S/C12H15N3O4/c1-13-5-7-14(8-6-13)12(17)9-3-2-4-10(11(9)16)15(18)19/h2-4,16H,5-8H2,1H3. The van der Waals surface area contributed by atoms with E-state index >= 15 is 0 Å². The zero-order valence-corrected chi connectivity index (χ0v) is 10.6. The summed E-state index contributed by atoms with van der Waals surface area (Å²) < 4.78 is 0. The highest BCUT2D eigenvalue weighted by Crippen LogP contribution is 2.30. The van der Waals surface area contributed by atoms with Gasteiger partial charge in [-0.1, -0.05) is 6.07 Å². The van der Waals surface area contributed by atoms with Crippen LogP contribution in [0.5, 0.6) is 5.75 Å². The minimum Gasteiger partial charge on any atom is -0.502 e. The van der Waals surface area contributed by atoms with Crippen molar-refractivity contribution in [2.24, 2.45) is 0 Å². The Labute approximate surface area is 110 Å². The van der Waals surface area contributed by atoms with Crippen LogP contribution >= 0.6 is 0 Å². The van der Waals surface area contributed by atoms with Crippen LogP contribution in [-0.2, 0) is 0 Å². The van der Waals surface area contributed by atoms with Gasteiger partial charge in [-0.25, -0.2) is 0 Å². The number of rotatable bonds is 2. The number of aromatic hydroxyl groups is 1. The zero-order valence-electron chi connectivity index (χ0n) is 10.6. The van der Waals surface area contributed by atoms with Crippen LogP contribution in [0.1, 0.15) is 10.4 Å². The van der Waals surface area contributed by atoms with Gasteiger partial charge >= 0.3 is 5.69 Å². The van der Waals surface area contributed by atoms with Crippen molar-refractivity contribution in [2.45, 2.75) is 0 Å².